The molecule has 0 aliphatic rings. The maximum atomic E-state index is 4.57. The Morgan fingerprint density at radius 3 is 2.58 bits per heavy atom. The fourth-order valence-corrected chi connectivity index (χ4v) is 2.21. The van der Waals surface area contributed by atoms with E-state index in [0.717, 1.165) is 11.1 Å². The van der Waals surface area contributed by atoms with Crippen molar-refractivity contribution in [1.82, 2.24) is 0 Å². The Morgan fingerprint density at radius 2 is 1.83 bits per heavy atom. The molecule has 24 heavy (non-hydrogen) atoms. The topological polar surface area (TPSA) is 12.4 Å². The maximum absolute atomic E-state index is 4.57. The number of benzene rings is 2. The van der Waals surface area contributed by atoms with Gasteiger partial charge in [0.15, 0.2) is 0 Å². The normalized spacial score (nSPS) is 13.0. The zero-order valence-corrected chi connectivity index (χ0v) is 14.2. The van der Waals surface area contributed by atoms with Gasteiger partial charge in [0.05, 0.1) is 6.54 Å². The number of allylic oxidation sites excluding steroid dienone is 8. The first-order chi connectivity index (χ1) is 11.7. The molecule has 0 unspecified atom stereocenters. The largest absolute Gasteiger partial charge is 0.288 e. The minimum atomic E-state index is 0.661. The van der Waals surface area contributed by atoms with Crippen molar-refractivity contribution in [1.29, 1.82) is 0 Å². The van der Waals surface area contributed by atoms with E-state index < -0.39 is 0 Å². The maximum Gasteiger partial charge on any atom is 0.0640 e. The molecule has 1 heteroatoms. The smallest absolute Gasteiger partial charge is 0.0640 e. The second kappa shape index (κ2) is 9.26. The standard InChI is InChI=1S/C23H23N/c1-4-6-9-20(13-12-19(3)5-2)17-24-18-21-14-15-22-10-7-8-11-23(22)16-21/h4-17H,1-2,18H2,3H3/b9-6+,19-12+,20-13+,24-17?. The van der Waals surface area contributed by atoms with Crippen LogP contribution >= 0.6 is 0 Å². The van der Waals surface area contributed by atoms with Crippen molar-refractivity contribution in [2.24, 2.45) is 4.99 Å². The SMILES string of the molecule is C=C/C=C/C(C=NCc1ccc2ccccc2c1)=C\C=C(/C)C=C. The van der Waals surface area contributed by atoms with Gasteiger partial charge in [0.2, 0.25) is 0 Å². The summed E-state index contributed by atoms with van der Waals surface area (Å²) in [6.45, 7) is 10.2. The highest BCUT2D eigenvalue weighted by Gasteiger charge is 1.95. The highest BCUT2D eigenvalue weighted by molar-refractivity contribution is 5.84. The summed E-state index contributed by atoms with van der Waals surface area (Å²) in [5.41, 5.74) is 3.34. The minimum absolute atomic E-state index is 0.661. The lowest BCUT2D eigenvalue weighted by Crippen LogP contribution is -1.85. The molecular formula is C23H23N. The molecule has 0 aliphatic heterocycles. The molecule has 0 bridgehead atoms. The molecule has 0 aliphatic carbocycles. The molecule has 0 spiro atoms. The molecule has 0 heterocycles. The Morgan fingerprint density at radius 1 is 1.04 bits per heavy atom. The number of hydrogen-bond donors (Lipinski definition) is 0. The van der Waals surface area contributed by atoms with Crippen LogP contribution in [0.25, 0.3) is 10.8 Å². The van der Waals surface area contributed by atoms with E-state index in [1.165, 1.54) is 16.3 Å². The van der Waals surface area contributed by atoms with Gasteiger partial charge in [-0.15, -0.1) is 0 Å². The Bertz CT molecular complexity index is 832. The Labute approximate surface area is 144 Å². The minimum Gasteiger partial charge on any atom is -0.288 e. The van der Waals surface area contributed by atoms with E-state index >= 15 is 0 Å². The van der Waals surface area contributed by atoms with Crippen molar-refractivity contribution < 1.29 is 0 Å². The first kappa shape index (κ1) is 17.4. The molecule has 0 fully saturated rings. The molecule has 0 amide bonds. The van der Waals surface area contributed by atoms with E-state index in [9.17, 15) is 0 Å². The average Bonchev–Trinajstić information content (AvgIpc) is 2.63. The van der Waals surface area contributed by atoms with Crippen molar-refractivity contribution in [3.05, 3.63) is 109 Å². The summed E-state index contributed by atoms with van der Waals surface area (Å²) in [5.74, 6) is 0. The number of rotatable bonds is 7. The Hall–Kier alpha value is -2.93. The first-order valence-electron chi connectivity index (χ1n) is 8.00. The lowest BCUT2D eigenvalue weighted by Gasteiger charge is -2.01. The van der Waals surface area contributed by atoms with Crippen LogP contribution in [0.4, 0.5) is 0 Å². The van der Waals surface area contributed by atoms with Crippen LogP contribution in [-0.4, -0.2) is 6.21 Å². The summed E-state index contributed by atoms with van der Waals surface area (Å²) in [4.78, 5) is 4.57. The molecular weight excluding hydrogens is 290 g/mol. The second-order valence-electron chi connectivity index (χ2n) is 5.53. The van der Waals surface area contributed by atoms with Crippen LogP contribution in [0.3, 0.4) is 0 Å². The number of fused-ring (bicyclic) bond motifs is 1. The van der Waals surface area contributed by atoms with Gasteiger partial charge in [0.1, 0.15) is 0 Å². The molecule has 2 rings (SSSR count). The van der Waals surface area contributed by atoms with Gasteiger partial charge >= 0.3 is 0 Å². The Balaban J connectivity index is 2.14. The van der Waals surface area contributed by atoms with Crippen molar-refractivity contribution in [2.45, 2.75) is 13.5 Å². The van der Waals surface area contributed by atoms with Crippen LogP contribution in [0.15, 0.2) is 108 Å². The summed E-state index contributed by atoms with van der Waals surface area (Å²) < 4.78 is 0. The zero-order valence-electron chi connectivity index (χ0n) is 14.2. The highest BCUT2D eigenvalue weighted by Crippen LogP contribution is 2.16. The molecule has 0 aromatic heterocycles. The fraction of sp³-hybridized carbons (Fsp3) is 0.0870. The van der Waals surface area contributed by atoms with Crippen LogP contribution in [0.1, 0.15) is 12.5 Å². The van der Waals surface area contributed by atoms with Gasteiger partial charge in [-0.3, -0.25) is 4.99 Å². The zero-order chi connectivity index (χ0) is 17.2. The number of hydrogen-bond acceptors (Lipinski definition) is 1. The van der Waals surface area contributed by atoms with Gasteiger partial charge in [-0.2, -0.15) is 0 Å². The lowest BCUT2D eigenvalue weighted by molar-refractivity contribution is 1.08. The molecule has 0 saturated carbocycles. The number of nitrogens with zero attached hydrogens (tertiary/aromatic N) is 1. The average molecular weight is 313 g/mol. The first-order valence-corrected chi connectivity index (χ1v) is 8.00. The third-order valence-corrected chi connectivity index (χ3v) is 3.61. The highest BCUT2D eigenvalue weighted by atomic mass is 14.7. The molecule has 0 N–H and O–H groups in total. The van der Waals surface area contributed by atoms with Crippen LogP contribution in [0.5, 0.6) is 0 Å². The van der Waals surface area contributed by atoms with E-state index in [1.807, 2.05) is 43.5 Å². The van der Waals surface area contributed by atoms with Crippen molar-refractivity contribution in [3.8, 4) is 0 Å². The van der Waals surface area contributed by atoms with Crippen LogP contribution in [0, 0.1) is 0 Å². The monoisotopic (exact) mass is 313 g/mol. The van der Waals surface area contributed by atoms with Gasteiger partial charge in [-0.05, 0) is 34.9 Å². The summed E-state index contributed by atoms with van der Waals surface area (Å²) >= 11 is 0. The fourth-order valence-electron chi connectivity index (χ4n) is 2.21. The lowest BCUT2D eigenvalue weighted by atomic mass is 10.1. The van der Waals surface area contributed by atoms with Crippen molar-refractivity contribution in [2.75, 3.05) is 0 Å². The predicted molar refractivity (Wildman–Crippen MR) is 108 cm³/mol. The van der Waals surface area contributed by atoms with Crippen LogP contribution in [0.2, 0.25) is 0 Å². The molecule has 0 atom stereocenters. The summed E-state index contributed by atoms with van der Waals surface area (Å²) in [6.07, 6.45) is 13.4. The molecule has 120 valence electrons. The van der Waals surface area contributed by atoms with Gasteiger partial charge in [0.25, 0.3) is 0 Å². The molecule has 0 radical (unpaired) electrons. The van der Waals surface area contributed by atoms with E-state index in [-0.39, 0.29) is 0 Å². The molecule has 0 saturated heterocycles. The van der Waals surface area contributed by atoms with Crippen LogP contribution in [-0.2, 0) is 6.54 Å². The summed E-state index contributed by atoms with van der Waals surface area (Å²) in [5, 5.41) is 2.50. The van der Waals surface area contributed by atoms with E-state index in [1.54, 1.807) is 6.08 Å². The number of aliphatic imine (C=N–C) groups is 1. The summed E-state index contributed by atoms with van der Waals surface area (Å²) in [6, 6.07) is 14.8. The quantitative estimate of drug-likeness (QED) is 0.425. The summed E-state index contributed by atoms with van der Waals surface area (Å²) in [7, 11) is 0. The van der Waals surface area contributed by atoms with Crippen molar-refractivity contribution in [3.63, 3.8) is 0 Å². The van der Waals surface area contributed by atoms with Gasteiger partial charge in [-0.25, -0.2) is 0 Å². The van der Waals surface area contributed by atoms with Gasteiger partial charge < -0.3 is 0 Å². The van der Waals surface area contributed by atoms with Gasteiger partial charge in [0, 0.05) is 6.21 Å². The van der Waals surface area contributed by atoms with Gasteiger partial charge in [-0.1, -0.05) is 91.6 Å². The second-order valence-corrected chi connectivity index (χ2v) is 5.53. The van der Waals surface area contributed by atoms with E-state index in [0.29, 0.717) is 6.54 Å². The van der Waals surface area contributed by atoms with E-state index in [4.69, 9.17) is 0 Å². The van der Waals surface area contributed by atoms with Crippen LogP contribution < -0.4 is 0 Å². The Kier molecular flexibility index (Phi) is 6.73. The molecule has 2 aromatic rings. The van der Waals surface area contributed by atoms with Crippen molar-refractivity contribution >= 4 is 17.0 Å². The third kappa shape index (κ3) is 5.36. The molecule has 1 nitrogen and oxygen atoms in total. The predicted octanol–water partition coefficient (Wildman–Crippen LogP) is 6.21. The third-order valence-electron chi connectivity index (χ3n) is 3.61. The van der Waals surface area contributed by atoms with E-state index in [2.05, 4.69) is 60.6 Å². The molecule has 2 aromatic carbocycles.